The van der Waals surface area contributed by atoms with Gasteiger partial charge in [-0.25, -0.2) is 0 Å². The molecule has 0 spiro atoms. The number of β-amino-alcohol motifs (C(OH)–C–C–N with tert-alkyl or cyclic N) is 1. The van der Waals surface area contributed by atoms with E-state index in [9.17, 15) is 25.1 Å². The van der Waals surface area contributed by atoms with Gasteiger partial charge in [-0.2, -0.15) is 5.26 Å². The number of carbonyl (C=O) groups is 2. The number of benzene rings is 3. The van der Waals surface area contributed by atoms with Crippen LogP contribution in [0.2, 0.25) is 5.02 Å². The molecule has 2 aliphatic heterocycles. The fraction of sp³-hybridized carbons (Fsp3) is 0.300. The Balaban J connectivity index is 1.18. The van der Waals surface area contributed by atoms with Crippen molar-refractivity contribution in [3.63, 3.8) is 0 Å². The number of carboxylic acid groups (broad SMARTS) is 1. The molecule has 3 heterocycles. The molecule has 11 heteroatoms. The summed E-state index contributed by atoms with van der Waals surface area (Å²) < 4.78 is 5.73. The van der Waals surface area contributed by atoms with E-state index in [2.05, 4.69) is 32.2 Å². The molecule has 0 unspecified atom stereocenters. The molecule has 10 nitrogen and oxygen atoms in total. The van der Waals surface area contributed by atoms with E-state index in [4.69, 9.17) is 16.3 Å². The van der Waals surface area contributed by atoms with E-state index in [1.807, 2.05) is 49.4 Å². The van der Waals surface area contributed by atoms with Crippen molar-refractivity contribution in [2.75, 3.05) is 38.6 Å². The third kappa shape index (κ3) is 8.30. The number of hydrogen-bond donors (Lipinski definition) is 3. The molecule has 0 bridgehead atoms. The van der Waals surface area contributed by atoms with Crippen molar-refractivity contribution in [1.29, 1.82) is 5.26 Å². The number of nitrogens with zero attached hydrogens (tertiary/aromatic N) is 4. The second-order valence-electron chi connectivity index (χ2n) is 13.1. The van der Waals surface area contributed by atoms with Gasteiger partial charge < -0.3 is 20.3 Å². The third-order valence-corrected chi connectivity index (χ3v) is 10.0. The van der Waals surface area contributed by atoms with Gasteiger partial charge in [0, 0.05) is 55.6 Å². The number of carbonyl (C=O) groups excluding carboxylic acids is 1. The van der Waals surface area contributed by atoms with E-state index in [0.29, 0.717) is 54.4 Å². The second-order valence-corrected chi connectivity index (χ2v) is 13.5. The molecule has 2 atom stereocenters. The smallest absolute Gasteiger partial charge is 0.307 e. The van der Waals surface area contributed by atoms with E-state index < -0.39 is 11.9 Å². The molecule has 3 N–H and O–H groups in total. The van der Waals surface area contributed by atoms with E-state index in [-0.39, 0.29) is 23.3 Å². The van der Waals surface area contributed by atoms with Gasteiger partial charge in [0.25, 0.3) is 5.91 Å². The molecule has 1 aromatic heterocycles. The molecule has 2 saturated heterocycles. The first-order valence-electron chi connectivity index (χ1n) is 16.9. The summed E-state index contributed by atoms with van der Waals surface area (Å²) >= 11 is 6.98. The second kappa shape index (κ2) is 15.9. The predicted molar refractivity (Wildman–Crippen MR) is 197 cm³/mol. The number of aliphatic hydroxyl groups excluding tert-OH is 1. The third-order valence-electron chi connectivity index (χ3n) is 9.58. The average Bonchev–Trinajstić information content (AvgIpc) is 3.77. The van der Waals surface area contributed by atoms with Crippen LogP contribution in [0.3, 0.4) is 0 Å². The number of anilines is 1. The number of halogens is 1. The summed E-state index contributed by atoms with van der Waals surface area (Å²) in [5.41, 5.74) is 6.77. The van der Waals surface area contributed by atoms with Crippen molar-refractivity contribution < 1.29 is 24.5 Å². The van der Waals surface area contributed by atoms with E-state index in [1.165, 1.54) is 0 Å². The molecule has 262 valence electrons. The number of ether oxygens (including phenoxy) is 1. The van der Waals surface area contributed by atoms with Crippen molar-refractivity contribution in [1.82, 2.24) is 14.8 Å². The van der Waals surface area contributed by atoms with Gasteiger partial charge >= 0.3 is 5.97 Å². The summed E-state index contributed by atoms with van der Waals surface area (Å²) in [5.74, 6) is -0.798. The fourth-order valence-electron chi connectivity index (χ4n) is 6.80. The zero-order chi connectivity index (χ0) is 36.1. The molecule has 51 heavy (non-hydrogen) atoms. The summed E-state index contributed by atoms with van der Waals surface area (Å²) in [6.45, 7) is 5.99. The normalized spacial score (nSPS) is 17.9. The number of pyridine rings is 1. The first-order valence-corrected chi connectivity index (χ1v) is 17.3. The molecule has 1 amide bonds. The number of carboxylic acids is 1. The number of nitrogens with one attached hydrogen (secondary N) is 1. The number of rotatable bonds is 11. The lowest BCUT2D eigenvalue weighted by Crippen LogP contribution is -2.23. The topological polar surface area (TPSA) is 139 Å². The van der Waals surface area contributed by atoms with Gasteiger partial charge in [0.2, 0.25) is 0 Å². The maximum atomic E-state index is 13.2. The average molecular weight is 706 g/mol. The quantitative estimate of drug-likeness (QED) is 0.150. The zero-order valence-corrected chi connectivity index (χ0v) is 29.4. The summed E-state index contributed by atoms with van der Waals surface area (Å²) in [4.78, 5) is 33.3. The number of aliphatic hydroxyl groups is 1. The van der Waals surface area contributed by atoms with Crippen molar-refractivity contribution in [2.45, 2.75) is 39.0 Å². The number of nitriles is 1. The highest BCUT2D eigenvalue weighted by Crippen LogP contribution is 2.37. The standard InChI is InChI=1S/C40H40ClN5O5/c1-25-17-30(23-46-15-13-29(22-46)40(49)50)37(51-2)18-28(25)11-10-27-5-3-7-33(38(27)41)32-6-4-8-35(34(32)19-42)44-39(48)36-12-9-26(20-43-36)21-45-16-14-31(47)24-45/h3-12,17-18,20,29,31,47H,13-16,21-24H2,1-2H3,(H,44,48)(H,49,50)/b11-10+/t29-,31-/m1/s1. The van der Waals surface area contributed by atoms with Crippen LogP contribution in [-0.2, 0) is 17.9 Å². The maximum Gasteiger partial charge on any atom is 0.307 e. The first-order chi connectivity index (χ1) is 24.6. The summed E-state index contributed by atoms with van der Waals surface area (Å²) in [5, 5.41) is 32.7. The van der Waals surface area contributed by atoms with Gasteiger partial charge in [-0.3, -0.25) is 24.4 Å². The van der Waals surface area contributed by atoms with Gasteiger partial charge in [0.1, 0.15) is 17.5 Å². The Morgan fingerprint density at radius 3 is 2.45 bits per heavy atom. The molecule has 6 rings (SSSR count). The Morgan fingerprint density at radius 1 is 1.02 bits per heavy atom. The number of aryl methyl sites for hydroxylation is 1. The molecular formula is C40H40ClN5O5. The van der Waals surface area contributed by atoms with Crippen LogP contribution in [0, 0.1) is 24.2 Å². The highest BCUT2D eigenvalue weighted by molar-refractivity contribution is 6.35. The number of hydrogen-bond acceptors (Lipinski definition) is 8. The van der Waals surface area contributed by atoms with Gasteiger partial charge in [-0.05, 0) is 66.8 Å². The Kier molecular flexibility index (Phi) is 11.1. The van der Waals surface area contributed by atoms with Crippen LogP contribution in [0.25, 0.3) is 23.3 Å². The largest absolute Gasteiger partial charge is 0.496 e. The van der Waals surface area contributed by atoms with Crippen LogP contribution in [0.15, 0.2) is 66.9 Å². The van der Waals surface area contributed by atoms with Crippen LogP contribution >= 0.6 is 11.6 Å². The van der Waals surface area contributed by atoms with Crippen LogP contribution in [0.1, 0.15) is 56.7 Å². The Hall–Kier alpha value is -5.05. The van der Waals surface area contributed by atoms with Crippen molar-refractivity contribution in [3.05, 3.63) is 111 Å². The van der Waals surface area contributed by atoms with Crippen molar-refractivity contribution >= 4 is 41.3 Å². The molecule has 2 aliphatic rings. The summed E-state index contributed by atoms with van der Waals surface area (Å²) in [6.07, 6.45) is 6.65. The Labute approximate surface area is 302 Å². The number of likely N-dealkylation sites (tertiary alicyclic amines) is 2. The molecule has 4 aromatic rings. The Morgan fingerprint density at radius 2 is 1.76 bits per heavy atom. The molecule has 0 radical (unpaired) electrons. The predicted octanol–water partition coefficient (Wildman–Crippen LogP) is 6.49. The van der Waals surface area contributed by atoms with Crippen LogP contribution < -0.4 is 10.1 Å². The van der Waals surface area contributed by atoms with Crippen molar-refractivity contribution in [2.24, 2.45) is 5.92 Å². The molecule has 2 fully saturated rings. The van der Waals surface area contributed by atoms with E-state index in [0.717, 1.165) is 53.1 Å². The lowest BCUT2D eigenvalue weighted by molar-refractivity contribution is -0.141. The minimum Gasteiger partial charge on any atom is -0.496 e. The lowest BCUT2D eigenvalue weighted by atomic mass is 9.96. The van der Waals surface area contributed by atoms with Crippen LogP contribution in [0.4, 0.5) is 5.69 Å². The molecule has 0 saturated carbocycles. The SMILES string of the molecule is COc1cc(/C=C/c2cccc(-c3cccc(NC(=O)c4ccc(CN5CC[C@@H](O)C5)cn4)c3C#N)c2Cl)c(C)cc1CN1CC[C@@H](C(=O)O)C1. The molecular weight excluding hydrogens is 666 g/mol. The fourth-order valence-corrected chi connectivity index (χ4v) is 7.09. The Bertz CT molecular complexity index is 2010. The molecule has 0 aliphatic carbocycles. The summed E-state index contributed by atoms with van der Waals surface area (Å²) in [7, 11) is 1.63. The number of amides is 1. The highest BCUT2D eigenvalue weighted by atomic mass is 35.5. The van der Waals surface area contributed by atoms with Gasteiger partial charge in [0.05, 0.1) is 35.4 Å². The van der Waals surface area contributed by atoms with Crippen molar-refractivity contribution in [3.8, 4) is 22.9 Å². The van der Waals surface area contributed by atoms with E-state index in [1.54, 1.807) is 37.6 Å². The van der Waals surface area contributed by atoms with E-state index >= 15 is 0 Å². The number of methoxy groups -OCH3 is 1. The minimum atomic E-state index is -0.751. The maximum absolute atomic E-state index is 13.2. The van der Waals surface area contributed by atoms with Crippen LogP contribution in [-0.4, -0.2) is 76.3 Å². The first kappa shape index (κ1) is 35.8. The van der Waals surface area contributed by atoms with Gasteiger partial charge in [-0.1, -0.05) is 66.2 Å². The minimum absolute atomic E-state index is 0.225. The lowest BCUT2D eigenvalue weighted by Gasteiger charge is -2.19. The van der Waals surface area contributed by atoms with Gasteiger partial charge in [0.15, 0.2) is 0 Å². The molecule has 3 aromatic carbocycles. The monoisotopic (exact) mass is 705 g/mol. The highest BCUT2D eigenvalue weighted by Gasteiger charge is 2.28. The number of aromatic nitrogens is 1. The summed E-state index contributed by atoms with van der Waals surface area (Å²) in [6, 6.07) is 20.7. The van der Waals surface area contributed by atoms with Crippen LogP contribution in [0.5, 0.6) is 5.75 Å². The zero-order valence-electron chi connectivity index (χ0n) is 28.6. The van der Waals surface area contributed by atoms with Gasteiger partial charge in [-0.15, -0.1) is 0 Å². The number of aliphatic carboxylic acids is 1.